The van der Waals surface area contributed by atoms with Crippen molar-refractivity contribution in [2.45, 2.75) is 43.5 Å². The van der Waals surface area contributed by atoms with Crippen LogP contribution in [0.4, 0.5) is 5.69 Å². The summed E-state index contributed by atoms with van der Waals surface area (Å²) in [4.78, 5) is 24.9. The Hall–Kier alpha value is -1.45. The van der Waals surface area contributed by atoms with Gasteiger partial charge in [0.05, 0.1) is 5.69 Å². The second-order valence-electron chi connectivity index (χ2n) is 6.30. The van der Waals surface area contributed by atoms with Crippen molar-refractivity contribution in [3.8, 4) is 0 Å². The van der Waals surface area contributed by atoms with Gasteiger partial charge in [-0.1, -0.05) is 15.9 Å². The zero-order valence-electron chi connectivity index (χ0n) is 13.7. The number of fused-ring (bicyclic) bond motifs is 1. The standard InChI is InChI=1S/C16H19BrN2O5S/c1-10(20)18-7-5-11-8-12(17)9-14(15(11)18)25(23,24)19-6-3-2-4-13(19)16(21)22/h8-9,13H,2-7H2,1H3,(H,21,22). The van der Waals surface area contributed by atoms with Gasteiger partial charge in [-0.2, -0.15) is 4.31 Å². The predicted molar refractivity (Wildman–Crippen MR) is 95.0 cm³/mol. The van der Waals surface area contributed by atoms with Crippen molar-refractivity contribution in [2.24, 2.45) is 0 Å². The lowest BCUT2D eigenvalue weighted by Gasteiger charge is -2.33. The number of piperidine rings is 1. The van der Waals surface area contributed by atoms with E-state index >= 15 is 0 Å². The fourth-order valence-corrected chi connectivity index (χ4v) is 6.12. The summed E-state index contributed by atoms with van der Waals surface area (Å²) in [5.41, 5.74) is 1.15. The van der Waals surface area contributed by atoms with E-state index in [9.17, 15) is 23.1 Å². The van der Waals surface area contributed by atoms with Crippen molar-refractivity contribution >= 4 is 43.5 Å². The third-order valence-corrected chi connectivity index (χ3v) is 7.08. The molecule has 2 aliphatic rings. The van der Waals surface area contributed by atoms with E-state index < -0.39 is 22.0 Å². The summed E-state index contributed by atoms with van der Waals surface area (Å²) in [7, 11) is -4.04. The van der Waals surface area contributed by atoms with Crippen LogP contribution in [0.2, 0.25) is 0 Å². The Balaban J connectivity index is 2.15. The molecule has 1 amide bonds. The first kappa shape index (κ1) is 18.3. The fraction of sp³-hybridized carbons (Fsp3) is 0.500. The third-order valence-electron chi connectivity index (χ3n) is 4.70. The van der Waals surface area contributed by atoms with Gasteiger partial charge in [-0.3, -0.25) is 9.59 Å². The van der Waals surface area contributed by atoms with Gasteiger partial charge in [-0.15, -0.1) is 0 Å². The molecule has 0 radical (unpaired) electrons. The molecule has 1 fully saturated rings. The lowest BCUT2D eigenvalue weighted by Crippen LogP contribution is -2.48. The number of carbonyl (C=O) groups is 2. The molecule has 1 atom stereocenters. The van der Waals surface area contributed by atoms with Crippen molar-refractivity contribution in [3.05, 3.63) is 22.2 Å². The lowest BCUT2D eigenvalue weighted by molar-refractivity contribution is -0.142. The molecule has 0 spiro atoms. The van der Waals surface area contributed by atoms with Gasteiger partial charge in [-0.05, 0) is 43.4 Å². The molecule has 0 aromatic heterocycles. The normalized spacial score (nSPS) is 21.2. The van der Waals surface area contributed by atoms with Crippen molar-refractivity contribution in [1.82, 2.24) is 4.31 Å². The summed E-state index contributed by atoms with van der Waals surface area (Å²) in [6.45, 7) is 1.99. The number of hydrogen-bond acceptors (Lipinski definition) is 4. The molecule has 1 aromatic rings. The fourth-order valence-electron chi connectivity index (χ4n) is 3.55. The number of benzene rings is 1. The molecule has 0 aliphatic carbocycles. The molecular weight excluding hydrogens is 412 g/mol. The number of nitrogens with zero attached hydrogens (tertiary/aromatic N) is 2. The Kier molecular flexibility index (Phi) is 4.91. The van der Waals surface area contributed by atoms with Gasteiger partial charge in [0.1, 0.15) is 10.9 Å². The summed E-state index contributed by atoms with van der Waals surface area (Å²) in [5, 5.41) is 9.43. The highest BCUT2D eigenvalue weighted by molar-refractivity contribution is 9.10. The maximum Gasteiger partial charge on any atom is 0.322 e. The van der Waals surface area contributed by atoms with E-state index in [4.69, 9.17) is 0 Å². The van der Waals surface area contributed by atoms with Crippen LogP contribution in [0, 0.1) is 0 Å². The van der Waals surface area contributed by atoms with Crippen molar-refractivity contribution < 1.29 is 23.1 Å². The van der Waals surface area contributed by atoms with Gasteiger partial charge in [0.25, 0.3) is 0 Å². The van der Waals surface area contributed by atoms with Crippen LogP contribution in [0.15, 0.2) is 21.5 Å². The summed E-state index contributed by atoms with van der Waals surface area (Å²) in [6, 6.07) is 2.20. The highest BCUT2D eigenvalue weighted by atomic mass is 79.9. The van der Waals surface area contributed by atoms with Crippen LogP contribution in [0.1, 0.15) is 31.7 Å². The highest BCUT2D eigenvalue weighted by Crippen LogP contribution is 2.40. The van der Waals surface area contributed by atoms with Crippen LogP contribution >= 0.6 is 15.9 Å². The molecule has 2 heterocycles. The Morgan fingerprint density at radius 2 is 1.96 bits per heavy atom. The lowest BCUT2D eigenvalue weighted by atomic mass is 10.1. The minimum atomic E-state index is -4.04. The third kappa shape index (κ3) is 3.20. The van der Waals surface area contributed by atoms with Crippen LogP contribution in [-0.2, 0) is 26.0 Å². The zero-order valence-corrected chi connectivity index (χ0v) is 16.1. The van der Waals surface area contributed by atoms with E-state index in [-0.39, 0.29) is 17.3 Å². The summed E-state index contributed by atoms with van der Waals surface area (Å²) in [5.74, 6) is -1.37. The van der Waals surface area contributed by atoms with Gasteiger partial charge in [0.2, 0.25) is 15.9 Å². The molecule has 1 saturated heterocycles. The van der Waals surface area contributed by atoms with E-state index in [0.717, 1.165) is 9.87 Å². The van der Waals surface area contributed by atoms with Crippen molar-refractivity contribution in [3.63, 3.8) is 0 Å². The maximum absolute atomic E-state index is 13.3. The Morgan fingerprint density at radius 3 is 2.60 bits per heavy atom. The van der Waals surface area contributed by atoms with Gasteiger partial charge < -0.3 is 10.0 Å². The molecule has 7 nitrogen and oxygen atoms in total. The SMILES string of the molecule is CC(=O)N1CCc2cc(Br)cc(S(=O)(=O)N3CCCCC3C(=O)O)c21. The molecule has 3 rings (SSSR count). The van der Waals surface area contributed by atoms with E-state index in [2.05, 4.69) is 15.9 Å². The zero-order chi connectivity index (χ0) is 18.4. The van der Waals surface area contributed by atoms with Crippen LogP contribution in [0.3, 0.4) is 0 Å². The monoisotopic (exact) mass is 430 g/mol. The average molecular weight is 431 g/mol. The number of carbonyl (C=O) groups excluding carboxylic acids is 1. The van der Waals surface area contributed by atoms with Crippen LogP contribution in [0.25, 0.3) is 0 Å². The molecule has 0 saturated carbocycles. The summed E-state index contributed by atoms with van der Waals surface area (Å²) >= 11 is 3.33. The number of carboxylic acid groups (broad SMARTS) is 1. The topological polar surface area (TPSA) is 95.0 Å². The second-order valence-corrected chi connectivity index (χ2v) is 9.07. The predicted octanol–water partition coefficient (Wildman–Crippen LogP) is 1.99. The molecule has 1 N–H and O–H groups in total. The van der Waals surface area contributed by atoms with Crippen LogP contribution in [0.5, 0.6) is 0 Å². The molecule has 9 heteroatoms. The van der Waals surface area contributed by atoms with Crippen LogP contribution < -0.4 is 4.90 Å². The minimum absolute atomic E-state index is 0.00211. The largest absolute Gasteiger partial charge is 0.480 e. The molecule has 1 unspecified atom stereocenters. The molecule has 1 aromatic carbocycles. The van der Waals surface area contributed by atoms with E-state index in [1.807, 2.05) is 6.07 Å². The first-order chi connectivity index (χ1) is 11.7. The molecule has 25 heavy (non-hydrogen) atoms. The number of halogens is 1. The second kappa shape index (κ2) is 6.69. The Morgan fingerprint density at radius 1 is 1.24 bits per heavy atom. The molecule has 136 valence electrons. The maximum atomic E-state index is 13.3. The van der Waals surface area contributed by atoms with E-state index in [1.54, 1.807) is 0 Å². The smallest absolute Gasteiger partial charge is 0.322 e. The number of aliphatic carboxylic acids is 1. The average Bonchev–Trinajstić information content (AvgIpc) is 2.97. The number of anilines is 1. The first-order valence-electron chi connectivity index (χ1n) is 8.08. The Labute approximate surface area is 154 Å². The Bertz CT molecular complexity index is 839. The van der Waals surface area contributed by atoms with Crippen molar-refractivity contribution in [1.29, 1.82) is 0 Å². The summed E-state index contributed by atoms with van der Waals surface area (Å²) < 4.78 is 28.2. The highest BCUT2D eigenvalue weighted by Gasteiger charge is 2.41. The van der Waals surface area contributed by atoms with E-state index in [1.165, 1.54) is 17.9 Å². The van der Waals surface area contributed by atoms with E-state index in [0.29, 0.717) is 42.4 Å². The molecule has 2 aliphatic heterocycles. The van der Waals surface area contributed by atoms with Gasteiger partial charge >= 0.3 is 5.97 Å². The quantitative estimate of drug-likeness (QED) is 0.790. The van der Waals surface area contributed by atoms with Gasteiger partial charge in [0.15, 0.2) is 0 Å². The molecule has 0 bridgehead atoms. The van der Waals surface area contributed by atoms with Crippen molar-refractivity contribution in [2.75, 3.05) is 18.0 Å². The minimum Gasteiger partial charge on any atom is -0.480 e. The number of carboxylic acids is 1. The van der Waals surface area contributed by atoms with Gasteiger partial charge in [-0.25, -0.2) is 8.42 Å². The number of amides is 1. The first-order valence-corrected chi connectivity index (χ1v) is 10.3. The summed E-state index contributed by atoms with van der Waals surface area (Å²) in [6.07, 6.45) is 2.16. The van der Waals surface area contributed by atoms with Gasteiger partial charge in [0, 0.05) is 24.5 Å². The van der Waals surface area contributed by atoms with Crippen LogP contribution in [-0.4, -0.2) is 48.8 Å². The number of sulfonamides is 1. The number of rotatable bonds is 3. The number of hydrogen-bond donors (Lipinski definition) is 1. The molecular formula is C16H19BrN2O5S.